The first-order valence-corrected chi connectivity index (χ1v) is 19.4. The summed E-state index contributed by atoms with van der Waals surface area (Å²) in [4.78, 5) is 14.9. The van der Waals surface area contributed by atoms with Crippen molar-refractivity contribution in [2.75, 3.05) is 0 Å². The predicted molar refractivity (Wildman–Crippen MR) is 237 cm³/mol. The summed E-state index contributed by atoms with van der Waals surface area (Å²) in [6.07, 6.45) is 0. The fourth-order valence-corrected chi connectivity index (χ4v) is 8.65. The zero-order valence-electron chi connectivity index (χ0n) is 31.3. The van der Waals surface area contributed by atoms with E-state index in [1.165, 1.54) is 33.0 Å². The Morgan fingerprint density at radius 3 is 1.33 bits per heavy atom. The van der Waals surface area contributed by atoms with Crippen LogP contribution in [0, 0.1) is 11.3 Å². The molecule has 9 aromatic carbocycles. The largest absolute Gasteiger partial charge is 0.208 e. The number of nitrogens with zero attached hydrogens (tertiary/aromatic N) is 4. The Balaban J connectivity index is 1.08. The van der Waals surface area contributed by atoms with Gasteiger partial charge in [0.15, 0.2) is 17.5 Å². The molecule has 10 aromatic rings. The molecule has 0 bridgehead atoms. The van der Waals surface area contributed by atoms with Crippen LogP contribution < -0.4 is 0 Å². The van der Waals surface area contributed by atoms with Crippen LogP contribution in [0.5, 0.6) is 0 Å². The predicted octanol–water partition coefficient (Wildman–Crippen LogP) is 13.7. The van der Waals surface area contributed by atoms with Crippen molar-refractivity contribution in [3.63, 3.8) is 0 Å². The molecular formula is C54H32N4. The normalized spacial score (nSPS) is 11.4. The Kier molecular flexibility index (Phi) is 7.84. The summed E-state index contributed by atoms with van der Waals surface area (Å²) in [5.41, 5.74) is 15.2. The third-order valence-electron chi connectivity index (χ3n) is 11.3. The second-order valence-corrected chi connectivity index (χ2v) is 14.6. The van der Waals surface area contributed by atoms with Crippen molar-refractivity contribution in [1.82, 2.24) is 15.0 Å². The van der Waals surface area contributed by atoms with Gasteiger partial charge in [0.1, 0.15) is 0 Å². The van der Waals surface area contributed by atoms with Crippen LogP contribution in [0.1, 0.15) is 5.56 Å². The molecule has 0 saturated carbocycles. The van der Waals surface area contributed by atoms with E-state index >= 15 is 0 Å². The minimum Gasteiger partial charge on any atom is -0.208 e. The summed E-state index contributed by atoms with van der Waals surface area (Å²) < 4.78 is 0. The second-order valence-electron chi connectivity index (χ2n) is 14.6. The summed E-state index contributed by atoms with van der Waals surface area (Å²) in [7, 11) is 0. The van der Waals surface area contributed by atoms with Gasteiger partial charge < -0.3 is 0 Å². The maximum atomic E-state index is 10.0. The SMILES string of the molecule is N#Cc1cccc2c(-c3ccc4c5c(ccc(-c6cccc(-c7cccc(-c8nc(-c9ccccc9)nc(-c9ccccc9)n8)c7)c6)c35)-c3ccccc3-4)cccc12. The van der Waals surface area contributed by atoms with Crippen LogP contribution in [0.4, 0.5) is 0 Å². The smallest absolute Gasteiger partial charge is 0.164 e. The summed E-state index contributed by atoms with van der Waals surface area (Å²) in [6.45, 7) is 0. The van der Waals surface area contributed by atoms with Crippen molar-refractivity contribution in [3.05, 3.63) is 200 Å². The van der Waals surface area contributed by atoms with E-state index in [9.17, 15) is 5.26 Å². The zero-order chi connectivity index (χ0) is 38.6. The molecule has 1 heterocycles. The lowest BCUT2D eigenvalue weighted by molar-refractivity contribution is 1.07. The van der Waals surface area contributed by atoms with Crippen LogP contribution in [0.2, 0.25) is 0 Å². The molecule has 0 saturated heterocycles. The lowest BCUT2D eigenvalue weighted by Gasteiger charge is -2.17. The third-order valence-corrected chi connectivity index (χ3v) is 11.3. The van der Waals surface area contributed by atoms with Gasteiger partial charge in [0.05, 0.1) is 11.6 Å². The summed E-state index contributed by atoms with van der Waals surface area (Å²) in [5.74, 6) is 1.89. The molecule has 58 heavy (non-hydrogen) atoms. The van der Waals surface area contributed by atoms with Crippen molar-refractivity contribution in [2.24, 2.45) is 0 Å². The molecule has 1 aliphatic carbocycles. The lowest BCUT2D eigenvalue weighted by atomic mass is 9.86. The quantitative estimate of drug-likeness (QED) is 0.170. The van der Waals surface area contributed by atoms with E-state index in [0.29, 0.717) is 23.0 Å². The van der Waals surface area contributed by atoms with Crippen LogP contribution >= 0.6 is 0 Å². The standard InChI is InChI=1S/C54H32N4/c55-33-40-21-11-25-43-41(40)24-12-26-46(43)47-29-30-49-45-23-8-7-22-44(45)48-28-27-42(50(47)51(48)49)38-19-9-17-36(31-38)37-18-10-20-39(32-37)54-57-52(34-13-3-1-4-14-34)56-53(58-54)35-15-5-2-6-16-35/h1-32H. The third kappa shape index (κ3) is 5.49. The maximum Gasteiger partial charge on any atom is 0.164 e. The summed E-state index contributed by atoms with van der Waals surface area (Å²) in [5, 5.41) is 14.5. The Bertz CT molecular complexity index is 3200. The molecule has 4 nitrogen and oxygen atoms in total. The highest BCUT2D eigenvalue weighted by Gasteiger charge is 2.25. The molecule has 0 radical (unpaired) electrons. The molecule has 0 amide bonds. The van der Waals surface area contributed by atoms with Gasteiger partial charge in [-0.1, -0.05) is 176 Å². The minimum atomic E-state index is 0.622. The van der Waals surface area contributed by atoms with Gasteiger partial charge in [-0.3, -0.25) is 0 Å². The van der Waals surface area contributed by atoms with Gasteiger partial charge in [-0.2, -0.15) is 5.26 Å². The zero-order valence-corrected chi connectivity index (χ0v) is 31.3. The Hall–Kier alpha value is -8.00. The number of nitriles is 1. The van der Waals surface area contributed by atoms with E-state index in [4.69, 9.17) is 15.0 Å². The average molecular weight is 737 g/mol. The molecule has 268 valence electrons. The number of hydrogen-bond acceptors (Lipinski definition) is 4. The van der Waals surface area contributed by atoms with Crippen molar-refractivity contribution in [2.45, 2.75) is 0 Å². The molecule has 0 unspecified atom stereocenters. The maximum absolute atomic E-state index is 10.0. The van der Waals surface area contributed by atoms with Gasteiger partial charge in [-0.25, -0.2) is 15.0 Å². The molecular weight excluding hydrogens is 705 g/mol. The van der Waals surface area contributed by atoms with E-state index in [-0.39, 0.29) is 0 Å². The average Bonchev–Trinajstić information content (AvgIpc) is 3.63. The monoisotopic (exact) mass is 736 g/mol. The van der Waals surface area contributed by atoms with Gasteiger partial charge >= 0.3 is 0 Å². The number of hydrogen-bond donors (Lipinski definition) is 0. The molecule has 0 atom stereocenters. The van der Waals surface area contributed by atoms with Crippen molar-refractivity contribution >= 4 is 21.5 Å². The molecule has 4 heteroatoms. The first-order valence-electron chi connectivity index (χ1n) is 19.4. The molecule has 1 aromatic heterocycles. The first-order chi connectivity index (χ1) is 28.7. The molecule has 1 aliphatic rings. The van der Waals surface area contributed by atoms with Gasteiger partial charge in [-0.05, 0) is 90.0 Å². The topological polar surface area (TPSA) is 62.5 Å². The van der Waals surface area contributed by atoms with Crippen LogP contribution in [0.25, 0.3) is 111 Å². The van der Waals surface area contributed by atoms with Gasteiger partial charge in [0, 0.05) is 22.1 Å². The van der Waals surface area contributed by atoms with Crippen LogP contribution in [0.15, 0.2) is 194 Å². The first kappa shape index (κ1) is 33.3. The lowest BCUT2D eigenvalue weighted by Crippen LogP contribution is -2.00. The summed E-state index contributed by atoms with van der Waals surface area (Å²) >= 11 is 0. The molecule has 0 N–H and O–H groups in total. The number of rotatable bonds is 6. The van der Waals surface area contributed by atoms with Gasteiger partial charge in [0.25, 0.3) is 0 Å². The minimum absolute atomic E-state index is 0.622. The molecule has 11 rings (SSSR count). The Morgan fingerprint density at radius 2 is 0.707 bits per heavy atom. The van der Waals surface area contributed by atoms with E-state index in [1.807, 2.05) is 78.9 Å². The van der Waals surface area contributed by atoms with Crippen molar-refractivity contribution in [1.29, 1.82) is 5.26 Å². The number of benzene rings is 9. The highest BCUT2D eigenvalue weighted by Crippen LogP contribution is 2.52. The van der Waals surface area contributed by atoms with Crippen LogP contribution in [0.3, 0.4) is 0 Å². The van der Waals surface area contributed by atoms with E-state index in [2.05, 4.69) is 121 Å². The van der Waals surface area contributed by atoms with Crippen molar-refractivity contribution < 1.29 is 0 Å². The van der Waals surface area contributed by atoms with Crippen molar-refractivity contribution in [3.8, 4) is 95.9 Å². The van der Waals surface area contributed by atoms with Gasteiger partial charge in [-0.15, -0.1) is 0 Å². The second kappa shape index (κ2) is 13.6. The number of aromatic nitrogens is 3. The van der Waals surface area contributed by atoms with Gasteiger partial charge in [0.2, 0.25) is 0 Å². The Morgan fingerprint density at radius 1 is 0.293 bits per heavy atom. The van der Waals surface area contributed by atoms with Crippen LogP contribution in [-0.2, 0) is 0 Å². The molecule has 0 fully saturated rings. The fraction of sp³-hybridized carbons (Fsp3) is 0. The van der Waals surface area contributed by atoms with Crippen LogP contribution in [-0.4, -0.2) is 15.0 Å². The summed E-state index contributed by atoms with van der Waals surface area (Å²) in [6, 6.07) is 70.0. The highest BCUT2D eigenvalue weighted by molar-refractivity contribution is 6.23. The molecule has 0 spiro atoms. The fourth-order valence-electron chi connectivity index (χ4n) is 8.65. The number of fused-ring (bicyclic) bond motifs is 4. The Labute approximate surface area is 336 Å². The van der Waals surface area contributed by atoms with E-state index in [0.717, 1.165) is 60.8 Å². The molecule has 0 aliphatic heterocycles. The van der Waals surface area contributed by atoms with E-state index < -0.39 is 0 Å². The highest BCUT2D eigenvalue weighted by atomic mass is 15.0. The van der Waals surface area contributed by atoms with E-state index in [1.54, 1.807) is 0 Å².